The van der Waals surface area contributed by atoms with Crippen LogP contribution in [0.5, 0.6) is 11.5 Å². The van der Waals surface area contributed by atoms with E-state index in [2.05, 4.69) is 43.2 Å². The number of benzene rings is 2. The van der Waals surface area contributed by atoms with Crippen LogP contribution < -0.4 is 20.3 Å². The fourth-order valence-electron chi connectivity index (χ4n) is 5.26. The Kier molecular flexibility index (Phi) is 6.62. The number of rotatable bonds is 6. The van der Waals surface area contributed by atoms with Crippen LogP contribution in [0.25, 0.3) is 0 Å². The minimum absolute atomic E-state index is 0.0247. The van der Waals surface area contributed by atoms with Gasteiger partial charge in [-0.2, -0.15) is 0 Å². The van der Waals surface area contributed by atoms with Crippen molar-refractivity contribution in [1.82, 2.24) is 9.97 Å². The standard InChI is InChI=1S/C29H31N3O4S/c1-16-8-6-7-9-17(16)15-37-28-31-26-25(27(34)32-28)23(19-12-18(35-4)10-11-22(19)36-5)24-20(30-26)13-29(2,3)14-21(24)33/h6-12,23H,13-15H2,1-5H3,(H2,30,31,32,34)/t23-/m0/s1. The summed E-state index contributed by atoms with van der Waals surface area (Å²) in [6.45, 7) is 6.24. The molecular formula is C29H31N3O4S. The average molecular weight is 518 g/mol. The van der Waals surface area contributed by atoms with Crippen molar-refractivity contribution in [1.29, 1.82) is 0 Å². The molecule has 8 heteroatoms. The van der Waals surface area contributed by atoms with E-state index in [0.29, 0.717) is 57.8 Å². The minimum atomic E-state index is -0.619. The first-order valence-electron chi connectivity index (χ1n) is 12.3. The molecule has 0 fully saturated rings. The van der Waals surface area contributed by atoms with Gasteiger partial charge in [-0.15, -0.1) is 0 Å². The highest BCUT2D eigenvalue weighted by molar-refractivity contribution is 7.98. The number of Topliss-reactive ketones (excluding diaryl/α,β-unsaturated/α-hetero) is 1. The molecule has 5 rings (SSSR count). The molecule has 2 aromatic carbocycles. The number of H-pyrrole nitrogens is 1. The lowest BCUT2D eigenvalue weighted by Crippen LogP contribution is -2.37. The summed E-state index contributed by atoms with van der Waals surface area (Å²) in [5.41, 5.74) is 4.44. The van der Waals surface area contributed by atoms with Gasteiger partial charge in [0.1, 0.15) is 17.3 Å². The number of hydrogen-bond acceptors (Lipinski definition) is 7. The van der Waals surface area contributed by atoms with Crippen LogP contribution in [0.1, 0.15) is 54.9 Å². The van der Waals surface area contributed by atoms with Crippen molar-refractivity contribution in [3.8, 4) is 11.5 Å². The van der Waals surface area contributed by atoms with Crippen molar-refractivity contribution in [3.05, 3.63) is 86.3 Å². The summed E-state index contributed by atoms with van der Waals surface area (Å²) < 4.78 is 11.2. The lowest BCUT2D eigenvalue weighted by atomic mass is 9.69. The van der Waals surface area contributed by atoms with E-state index in [-0.39, 0.29) is 16.8 Å². The summed E-state index contributed by atoms with van der Waals surface area (Å²) in [6, 6.07) is 13.6. The van der Waals surface area contributed by atoms with Crippen molar-refractivity contribution in [2.75, 3.05) is 19.5 Å². The molecule has 2 aliphatic rings. The van der Waals surface area contributed by atoms with Crippen LogP contribution in [0.15, 0.2) is 63.7 Å². The first-order chi connectivity index (χ1) is 17.7. The molecule has 0 spiro atoms. The van der Waals surface area contributed by atoms with Crippen LogP contribution in [-0.2, 0) is 10.5 Å². The second-order valence-electron chi connectivity index (χ2n) is 10.3. The molecule has 7 nitrogen and oxygen atoms in total. The molecular weight excluding hydrogens is 486 g/mol. The molecule has 1 aliphatic carbocycles. The Balaban J connectivity index is 1.64. The number of nitrogens with one attached hydrogen (secondary N) is 2. The number of thioether (sulfide) groups is 1. The quantitative estimate of drug-likeness (QED) is 0.325. The molecule has 2 N–H and O–H groups in total. The summed E-state index contributed by atoms with van der Waals surface area (Å²) >= 11 is 1.48. The van der Waals surface area contributed by atoms with Crippen molar-refractivity contribution in [2.45, 2.75) is 50.4 Å². The Morgan fingerprint density at radius 3 is 2.59 bits per heavy atom. The number of aromatic nitrogens is 2. The Hall–Kier alpha value is -3.52. The molecule has 3 aromatic rings. The first-order valence-corrected chi connectivity index (χ1v) is 13.3. The van der Waals surface area contributed by atoms with E-state index in [1.54, 1.807) is 26.4 Å². The summed E-state index contributed by atoms with van der Waals surface area (Å²) in [5.74, 6) is 1.77. The van der Waals surface area contributed by atoms with E-state index in [9.17, 15) is 9.59 Å². The summed E-state index contributed by atoms with van der Waals surface area (Å²) in [6.07, 6.45) is 1.08. The number of anilines is 1. The molecule has 1 aliphatic heterocycles. The van der Waals surface area contributed by atoms with Crippen molar-refractivity contribution in [2.24, 2.45) is 5.41 Å². The molecule has 1 aromatic heterocycles. The maximum atomic E-state index is 13.7. The lowest BCUT2D eigenvalue weighted by Gasteiger charge is -2.38. The molecule has 0 amide bonds. The van der Waals surface area contributed by atoms with Gasteiger partial charge in [-0.25, -0.2) is 4.98 Å². The monoisotopic (exact) mass is 517 g/mol. The largest absolute Gasteiger partial charge is 0.497 e. The zero-order valence-electron chi connectivity index (χ0n) is 21.7. The first kappa shape index (κ1) is 25.1. The maximum Gasteiger partial charge on any atom is 0.257 e. The summed E-state index contributed by atoms with van der Waals surface area (Å²) in [4.78, 5) is 35.0. The number of carbonyl (C=O) groups is 1. The minimum Gasteiger partial charge on any atom is -0.497 e. The van der Waals surface area contributed by atoms with Gasteiger partial charge in [-0.1, -0.05) is 49.9 Å². The van der Waals surface area contributed by atoms with E-state index >= 15 is 0 Å². The summed E-state index contributed by atoms with van der Waals surface area (Å²) in [5, 5.41) is 3.91. The number of hydrogen-bond donors (Lipinski definition) is 2. The van der Waals surface area contributed by atoms with Gasteiger partial charge in [0.25, 0.3) is 5.56 Å². The normalized spacial score (nSPS) is 18.1. The van der Waals surface area contributed by atoms with Crippen LogP contribution in [-0.4, -0.2) is 30.0 Å². The van der Waals surface area contributed by atoms with E-state index < -0.39 is 5.92 Å². The van der Waals surface area contributed by atoms with Crippen molar-refractivity contribution >= 4 is 23.4 Å². The van der Waals surface area contributed by atoms with Gasteiger partial charge >= 0.3 is 0 Å². The number of ether oxygens (including phenoxy) is 2. The molecule has 0 unspecified atom stereocenters. The number of carbonyl (C=O) groups excluding carboxylic acids is 1. The maximum absolute atomic E-state index is 13.7. The van der Waals surface area contributed by atoms with Gasteiger partial charge in [-0.3, -0.25) is 9.59 Å². The molecule has 1 atom stereocenters. The van der Waals surface area contributed by atoms with Gasteiger partial charge in [0.05, 0.1) is 25.7 Å². The highest BCUT2D eigenvalue weighted by atomic mass is 32.2. The Bertz CT molecular complexity index is 1470. The van der Waals surface area contributed by atoms with Crippen LogP contribution in [0, 0.1) is 12.3 Å². The van der Waals surface area contributed by atoms with Gasteiger partial charge in [-0.05, 0) is 48.1 Å². The SMILES string of the molecule is COc1ccc(OC)c([C@H]2C3=C(CC(C)(C)CC3=O)Nc3nc(SCc4ccccc4C)[nH]c(=O)c32)c1. The number of fused-ring (bicyclic) bond motifs is 1. The number of nitrogens with zero attached hydrogens (tertiary/aromatic N) is 1. The fraction of sp³-hybridized carbons (Fsp3) is 0.345. The van der Waals surface area contributed by atoms with Crippen LogP contribution >= 0.6 is 11.8 Å². The number of aryl methyl sites for hydroxylation is 1. The number of methoxy groups -OCH3 is 2. The smallest absolute Gasteiger partial charge is 0.257 e. The van der Waals surface area contributed by atoms with Gasteiger partial charge in [0.15, 0.2) is 10.9 Å². The third-order valence-corrected chi connectivity index (χ3v) is 8.00. The van der Waals surface area contributed by atoms with Crippen LogP contribution in [0.3, 0.4) is 0 Å². The van der Waals surface area contributed by atoms with Crippen molar-refractivity contribution < 1.29 is 14.3 Å². The molecule has 0 saturated carbocycles. The summed E-state index contributed by atoms with van der Waals surface area (Å²) in [7, 11) is 3.18. The predicted octanol–water partition coefficient (Wildman–Crippen LogP) is 5.59. The highest BCUT2D eigenvalue weighted by Crippen LogP contribution is 2.49. The highest BCUT2D eigenvalue weighted by Gasteiger charge is 2.43. The molecule has 37 heavy (non-hydrogen) atoms. The van der Waals surface area contributed by atoms with Crippen LogP contribution in [0.2, 0.25) is 0 Å². The van der Waals surface area contributed by atoms with E-state index in [4.69, 9.17) is 14.5 Å². The molecule has 2 heterocycles. The van der Waals surface area contributed by atoms with Crippen molar-refractivity contribution in [3.63, 3.8) is 0 Å². The third kappa shape index (κ3) is 4.78. The van der Waals surface area contributed by atoms with Gasteiger partial charge < -0.3 is 19.8 Å². The predicted molar refractivity (Wildman–Crippen MR) is 146 cm³/mol. The zero-order valence-corrected chi connectivity index (χ0v) is 22.5. The molecule has 0 bridgehead atoms. The topological polar surface area (TPSA) is 93.3 Å². The Morgan fingerprint density at radius 2 is 1.86 bits per heavy atom. The van der Waals surface area contributed by atoms with E-state index in [1.807, 2.05) is 18.2 Å². The zero-order chi connectivity index (χ0) is 26.3. The van der Waals surface area contributed by atoms with Gasteiger partial charge in [0.2, 0.25) is 0 Å². The number of ketones is 1. The number of allylic oxidation sites excluding steroid dienone is 2. The number of aromatic amines is 1. The van der Waals surface area contributed by atoms with E-state index in [1.165, 1.54) is 22.9 Å². The molecule has 0 radical (unpaired) electrons. The van der Waals surface area contributed by atoms with Gasteiger partial charge in [0, 0.05) is 29.0 Å². The Labute approximate surface area is 220 Å². The molecule has 0 saturated heterocycles. The molecule has 192 valence electrons. The third-order valence-electron chi connectivity index (χ3n) is 7.07. The Morgan fingerprint density at radius 1 is 1.08 bits per heavy atom. The van der Waals surface area contributed by atoms with Crippen LogP contribution in [0.4, 0.5) is 5.82 Å². The average Bonchev–Trinajstić information content (AvgIpc) is 2.85. The van der Waals surface area contributed by atoms with E-state index in [0.717, 1.165) is 5.70 Å². The fourth-order valence-corrected chi connectivity index (χ4v) is 6.19. The lowest BCUT2D eigenvalue weighted by molar-refractivity contribution is -0.118. The second kappa shape index (κ2) is 9.74. The second-order valence-corrected chi connectivity index (χ2v) is 11.3.